The van der Waals surface area contributed by atoms with Crippen LogP contribution in [0.1, 0.15) is 37.5 Å². The smallest absolute Gasteiger partial charge is 0.228 e. The average molecular weight is 374 g/mol. The maximum atomic E-state index is 12.3. The van der Waals surface area contributed by atoms with Gasteiger partial charge in [0, 0.05) is 5.69 Å². The topological polar surface area (TPSA) is 54.0 Å². The molecular weight excluding hydrogens is 346 g/mol. The number of hydrogen-bond donors (Lipinski definition) is 2. The standard InChI is InChI=1S/C24H27N3O/c1-17-7-5-6-8-18(17)15-23(28)27-21-13-14-22(25-16-21)26-20-11-9-19(10-12-20)24(2,3)4/h5-14,16H,15H2,1-4H3,(H,25,26)(H,27,28). The highest BCUT2D eigenvalue weighted by Crippen LogP contribution is 2.24. The highest BCUT2D eigenvalue weighted by Gasteiger charge is 2.13. The number of carbonyl (C=O) groups excluding carboxylic acids is 1. The van der Waals surface area contributed by atoms with Gasteiger partial charge in [0.25, 0.3) is 0 Å². The highest BCUT2D eigenvalue weighted by atomic mass is 16.1. The molecule has 2 aromatic carbocycles. The molecule has 0 saturated carbocycles. The Morgan fingerprint density at radius 2 is 1.61 bits per heavy atom. The fourth-order valence-corrected chi connectivity index (χ4v) is 2.93. The molecule has 3 aromatic rings. The Labute approximate surface area is 167 Å². The van der Waals surface area contributed by atoms with Crippen molar-refractivity contribution in [2.75, 3.05) is 10.6 Å². The van der Waals surface area contributed by atoms with Crippen molar-refractivity contribution in [3.05, 3.63) is 83.6 Å². The van der Waals surface area contributed by atoms with Crippen molar-refractivity contribution >= 4 is 23.1 Å². The molecule has 1 amide bonds. The molecule has 4 nitrogen and oxygen atoms in total. The van der Waals surface area contributed by atoms with Crippen molar-refractivity contribution in [2.45, 2.75) is 39.5 Å². The summed E-state index contributed by atoms with van der Waals surface area (Å²) in [5.41, 5.74) is 5.24. The first-order valence-corrected chi connectivity index (χ1v) is 9.49. The molecule has 0 aliphatic heterocycles. The fourth-order valence-electron chi connectivity index (χ4n) is 2.93. The molecule has 3 rings (SSSR count). The summed E-state index contributed by atoms with van der Waals surface area (Å²) in [6.07, 6.45) is 2.02. The number of pyridine rings is 1. The van der Waals surface area contributed by atoms with E-state index in [0.717, 1.165) is 22.6 Å². The zero-order valence-corrected chi connectivity index (χ0v) is 16.9. The lowest BCUT2D eigenvalue weighted by atomic mass is 9.87. The highest BCUT2D eigenvalue weighted by molar-refractivity contribution is 5.92. The maximum Gasteiger partial charge on any atom is 0.228 e. The Bertz CT molecular complexity index is 939. The third-order valence-corrected chi connectivity index (χ3v) is 4.68. The lowest BCUT2D eigenvalue weighted by Crippen LogP contribution is -2.15. The first-order chi connectivity index (χ1) is 13.3. The number of rotatable bonds is 5. The first kappa shape index (κ1) is 19.6. The van der Waals surface area contributed by atoms with Crippen molar-refractivity contribution < 1.29 is 4.79 Å². The third-order valence-electron chi connectivity index (χ3n) is 4.68. The molecule has 0 spiro atoms. The zero-order valence-electron chi connectivity index (χ0n) is 16.9. The molecule has 1 aromatic heterocycles. The van der Waals surface area contributed by atoms with E-state index < -0.39 is 0 Å². The van der Waals surface area contributed by atoms with Crippen LogP contribution in [-0.2, 0) is 16.6 Å². The van der Waals surface area contributed by atoms with Crippen LogP contribution >= 0.6 is 0 Å². The van der Waals surface area contributed by atoms with Gasteiger partial charge in [-0.05, 0) is 53.3 Å². The third kappa shape index (κ3) is 5.19. The lowest BCUT2D eigenvalue weighted by Gasteiger charge is -2.19. The maximum absolute atomic E-state index is 12.3. The fraction of sp³-hybridized carbons (Fsp3) is 0.250. The number of amides is 1. The quantitative estimate of drug-likeness (QED) is 0.611. The van der Waals surface area contributed by atoms with Crippen LogP contribution in [0.3, 0.4) is 0 Å². The molecule has 0 radical (unpaired) electrons. The van der Waals surface area contributed by atoms with Crippen LogP contribution < -0.4 is 10.6 Å². The molecule has 0 atom stereocenters. The minimum atomic E-state index is -0.0467. The molecule has 144 valence electrons. The van der Waals surface area contributed by atoms with Gasteiger partial charge in [-0.3, -0.25) is 4.79 Å². The van der Waals surface area contributed by atoms with E-state index in [1.54, 1.807) is 6.20 Å². The van der Waals surface area contributed by atoms with Gasteiger partial charge in [-0.2, -0.15) is 0 Å². The molecule has 2 N–H and O–H groups in total. The van der Waals surface area contributed by atoms with Crippen LogP contribution in [0.25, 0.3) is 0 Å². The normalized spacial score (nSPS) is 11.1. The molecule has 0 unspecified atom stereocenters. The number of anilines is 3. The number of nitrogens with zero attached hydrogens (tertiary/aromatic N) is 1. The monoisotopic (exact) mass is 373 g/mol. The second-order valence-corrected chi connectivity index (χ2v) is 8.04. The van der Waals surface area contributed by atoms with Gasteiger partial charge in [0.2, 0.25) is 5.91 Å². The summed E-state index contributed by atoms with van der Waals surface area (Å²) >= 11 is 0. The number of hydrogen-bond acceptors (Lipinski definition) is 3. The molecule has 0 bridgehead atoms. The largest absolute Gasteiger partial charge is 0.340 e. The Morgan fingerprint density at radius 3 is 2.21 bits per heavy atom. The van der Waals surface area contributed by atoms with E-state index in [4.69, 9.17) is 0 Å². The van der Waals surface area contributed by atoms with E-state index in [1.165, 1.54) is 5.56 Å². The number of carbonyl (C=O) groups is 1. The van der Waals surface area contributed by atoms with Crippen molar-refractivity contribution in [3.8, 4) is 0 Å². The van der Waals surface area contributed by atoms with Gasteiger partial charge in [-0.25, -0.2) is 4.98 Å². The van der Waals surface area contributed by atoms with Gasteiger partial charge >= 0.3 is 0 Å². The van der Waals surface area contributed by atoms with Crippen LogP contribution in [0.4, 0.5) is 17.2 Å². The van der Waals surface area contributed by atoms with Crippen LogP contribution in [-0.4, -0.2) is 10.9 Å². The first-order valence-electron chi connectivity index (χ1n) is 9.49. The summed E-state index contributed by atoms with van der Waals surface area (Å²) in [5.74, 6) is 0.690. The second kappa shape index (κ2) is 8.26. The van der Waals surface area contributed by atoms with Gasteiger partial charge in [0.15, 0.2) is 0 Å². The molecule has 0 saturated heterocycles. The molecular formula is C24H27N3O. The molecule has 0 aliphatic rings. The molecule has 0 aliphatic carbocycles. The van der Waals surface area contributed by atoms with E-state index in [2.05, 4.69) is 60.7 Å². The average Bonchev–Trinajstić information content (AvgIpc) is 2.65. The summed E-state index contributed by atoms with van der Waals surface area (Å²) in [6.45, 7) is 8.61. The second-order valence-electron chi connectivity index (χ2n) is 8.04. The summed E-state index contributed by atoms with van der Waals surface area (Å²) in [6, 6.07) is 20.0. The molecule has 28 heavy (non-hydrogen) atoms. The lowest BCUT2D eigenvalue weighted by molar-refractivity contribution is -0.115. The predicted molar refractivity (Wildman–Crippen MR) is 116 cm³/mol. The molecule has 0 fully saturated rings. The Morgan fingerprint density at radius 1 is 0.929 bits per heavy atom. The predicted octanol–water partition coefficient (Wildman–Crippen LogP) is 5.61. The van der Waals surface area contributed by atoms with E-state index in [-0.39, 0.29) is 11.3 Å². The van der Waals surface area contributed by atoms with Crippen LogP contribution in [0.2, 0.25) is 0 Å². The summed E-state index contributed by atoms with van der Waals surface area (Å²) in [5, 5.41) is 6.19. The SMILES string of the molecule is Cc1ccccc1CC(=O)Nc1ccc(Nc2ccc(C(C)(C)C)cc2)nc1. The van der Waals surface area contributed by atoms with E-state index >= 15 is 0 Å². The van der Waals surface area contributed by atoms with Crippen molar-refractivity contribution in [1.29, 1.82) is 0 Å². The Balaban J connectivity index is 1.59. The van der Waals surface area contributed by atoms with E-state index in [1.807, 2.05) is 43.3 Å². The Hall–Kier alpha value is -3.14. The minimum Gasteiger partial charge on any atom is -0.340 e. The van der Waals surface area contributed by atoms with Crippen LogP contribution in [0.15, 0.2) is 66.9 Å². The van der Waals surface area contributed by atoms with Gasteiger partial charge in [-0.1, -0.05) is 57.2 Å². The Kier molecular flexibility index (Phi) is 5.78. The summed E-state index contributed by atoms with van der Waals surface area (Å²) < 4.78 is 0. The van der Waals surface area contributed by atoms with Gasteiger partial charge in [-0.15, -0.1) is 0 Å². The molecule has 1 heterocycles. The van der Waals surface area contributed by atoms with Crippen molar-refractivity contribution in [2.24, 2.45) is 0 Å². The van der Waals surface area contributed by atoms with Crippen molar-refractivity contribution in [3.63, 3.8) is 0 Å². The number of aryl methyl sites for hydroxylation is 1. The van der Waals surface area contributed by atoms with E-state index in [9.17, 15) is 4.79 Å². The van der Waals surface area contributed by atoms with E-state index in [0.29, 0.717) is 12.1 Å². The van der Waals surface area contributed by atoms with Crippen LogP contribution in [0.5, 0.6) is 0 Å². The number of aromatic nitrogens is 1. The van der Waals surface area contributed by atoms with Gasteiger partial charge < -0.3 is 10.6 Å². The van der Waals surface area contributed by atoms with Gasteiger partial charge in [0.05, 0.1) is 18.3 Å². The number of nitrogens with one attached hydrogen (secondary N) is 2. The van der Waals surface area contributed by atoms with Gasteiger partial charge in [0.1, 0.15) is 5.82 Å². The summed E-state index contributed by atoms with van der Waals surface area (Å²) in [4.78, 5) is 16.7. The minimum absolute atomic E-state index is 0.0467. The van der Waals surface area contributed by atoms with Crippen molar-refractivity contribution in [1.82, 2.24) is 4.98 Å². The van der Waals surface area contributed by atoms with Crippen LogP contribution in [0, 0.1) is 6.92 Å². The zero-order chi connectivity index (χ0) is 20.1. The number of benzene rings is 2. The molecule has 4 heteroatoms. The summed E-state index contributed by atoms with van der Waals surface area (Å²) in [7, 11) is 0.